The summed E-state index contributed by atoms with van der Waals surface area (Å²) in [4.78, 5) is 20.1. The molecule has 42 heavy (non-hydrogen) atoms. The van der Waals surface area contributed by atoms with Crippen molar-refractivity contribution in [2.75, 3.05) is 18.0 Å². The molecule has 3 heterocycles. The summed E-state index contributed by atoms with van der Waals surface area (Å²) in [6, 6.07) is 16.9. The standard InChI is InChI=1S/C36H46N2O4/c1-23-30(27-14-16-29-26(22-27)13-15-28(41-29)21-25-11-9-8-10-12-25)32(38-19-17-36(6,7)18-20-38)31(24(2)37-23)33(34(39)40)42-35(3,4)5/h8-12,14,16,22,28,33H,13,15,17-21H2,1-7H3,(H,39,40)/t28-,33?/m0/s1. The van der Waals surface area contributed by atoms with E-state index < -0.39 is 17.7 Å². The minimum atomic E-state index is -1.12. The Morgan fingerprint density at radius 3 is 2.43 bits per heavy atom. The zero-order valence-electron chi connectivity index (χ0n) is 26.3. The van der Waals surface area contributed by atoms with E-state index in [1.807, 2.05) is 40.7 Å². The van der Waals surface area contributed by atoms with E-state index in [4.69, 9.17) is 14.5 Å². The molecule has 6 nitrogen and oxygen atoms in total. The van der Waals surface area contributed by atoms with Gasteiger partial charge in [-0.15, -0.1) is 0 Å². The Morgan fingerprint density at radius 1 is 1.10 bits per heavy atom. The number of nitrogens with zero attached hydrogens (tertiary/aromatic N) is 2. The number of aromatic nitrogens is 1. The van der Waals surface area contributed by atoms with Crippen LogP contribution in [0, 0.1) is 19.3 Å². The predicted molar refractivity (Wildman–Crippen MR) is 168 cm³/mol. The van der Waals surface area contributed by atoms with E-state index in [1.54, 1.807) is 0 Å². The van der Waals surface area contributed by atoms with Gasteiger partial charge in [-0.1, -0.05) is 50.2 Å². The van der Waals surface area contributed by atoms with Gasteiger partial charge < -0.3 is 19.5 Å². The summed E-state index contributed by atoms with van der Waals surface area (Å²) < 4.78 is 12.7. The van der Waals surface area contributed by atoms with Crippen LogP contribution in [-0.2, 0) is 22.4 Å². The molecule has 3 aromatic rings. The van der Waals surface area contributed by atoms with Crippen molar-refractivity contribution in [1.29, 1.82) is 0 Å². The molecule has 0 amide bonds. The van der Waals surface area contributed by atoms with Crippen LogP contribution in [0.4, 0.5) is 5.69 Å². The van der Waals surface area contributed by atoms with Gasteiger partial charge >= 0.3 is 5.97 Å². The van der Waals surface area contributed by atoms with Crippen LogP contribution in [-0.4, -0.2) is 40.9 Å². The first-order valence-corrected chi connectivity index (χ1v) is 15.3. The minimum Gasteiger partial charge on any atom is -0.490 e. The molecule has 5 rings (SSSR count). The highest BCUT2D eigenvalue weighted by Crippen LogP contribution is 2.46. The van der Waals surface area contributed by atoms with Crippen molar-refractivity contribution < 1.29 is 19.4 Å². The van der Waals surface area contributed by atoms with Crippen molar-refractivity contribution in [3.63, 3.8) is 0 Å². The number of aliphatic carboxylic acids is 1. The number of carboxylic acids is 1. The molecule has 1 aromatic heterocycles. The van der Waals surface area contributed by atoms with Gasteiger partial charge in [-0.2, -0.15) is 0 Å². The van der Waals surface area contributed by atoms with E-state index in [9.17, 15) is 9.90 Å². The smallest absolute Gasteiger partial charge is 0.337 e. The topological polar surface area (TPSA) is 71.9 Å². The van der Waals surface area contributed by atoms with Crippen LogP contribution in [0.2, 0.25) is 0 Å². The van der Waals surface area contributed by atoms with Gasteiger partial charge in [0.1, 0.15) is 11.9 Å². The number of carboxylic acid groups (broad SMARTS) is 1. The van der Waals surface area contributed by atoms with Crippen molar-refractivity contribution in [2.24, 2.45) is 5.41 Å². The molecule has 0 saturated carbocycles. The van der Waals surface area contributed by atoms with Crippen LogP contribution in [0.5, 0.6) is 5.75 Å². The van der Waals surface area contributed by atoms with Crippen LogP contribution >= 0.6 is 0 Å². The van der Waals surface area contributed by atoms with E-state index in [2.05, 4.69) is 61.2 Å². The van der Waals surface area contributed by atoms with Crippen LogP contribution in [0.1, 0.15) is 88.1 Å². The second-order valence-electron chi connectivity index (χ2n) is 13.8. The van der Waals surface area contributed by atoms with Crippen LogP contribution < -0.4 is 9.64 Å². The van der Waals surface area contributed by atoms with Crippen LogP contribution in [0.25, 0.3) is 11.1 Å². The predicted octanol–water partition coefficient (Wildman–Crippen LogP) is 7.87. The zero-order valence-corrected chi connectivity index (χ0v) is 26.3. The molecular weight excluding hydrogens is 524 g/mol. The van der Waals surface area contributed by atoms with Gasteiger partial charge in [0.25, 0.3) is 0 Å². The Kier molecular flexibility index (Phi) is 8.39. The van der Waals surface area contributed by atoms with Crippen molar-refractivity contribution in [3.8, 4) is 16.9 Å². The molecule has 2 aromatic carbocycles. The summed E-state index contributed by atoms with van der Waals surface area (Å²) in [6.45, 7) is 16.0. The van der Waals surface area contributed by atoms with Gasteiger partial charge in [0.05, 0.1) is 11.3 Å². The number of ether oxygens (including phenoxy) is 2. The molecule has 2 atom stereocenters. The van der Waals surface area contributed by atoms with E-state index >= 15 is 0 Å². The van der Waals surface area contributed by atoms with Crippen molar-refractivity contribution >= 4 is 11.7 Å². The Morgan fingerprint density at radius 2 is 1.79 bits per heavy atom. The quantitative estimate of drug-likeness (QED) is 0.312. The Balaban J connectivity index is 1.58. The number of aryl methyl sites for hydroxylation is 3. The Bertz CT molecular complexity index is 1430. The first-order valence-electron chi connectivity index (χ1n) is 15.3. The number of anilines is 1. The molecule has 2 aliphatic rings. The molecule has 1 saturated heterocycles. The van der Waals surface area contributed by atoms with E-state index in [-0.39, 0.29) is 11.5 Å². The van der Waals surface area contributed by atoms with Crippen LogP contribution in [0.3, 0.4) is 0 Å². The van der Waals surface area contributed by atoms with Gasteiger partial charge in [-0.3, -0.25) is 4.98 Å². The summed E-state index contributed by atoms with van der Waals surface area (Å²) in [7, 11) is 0. The van der Waals surface area contributed by atoms with Crippen molar-refractivity contribution in [1.82, 2.24) is 4.98 Å². The molecule has 1 fully saturated rings. The summed E-state index contributed by atoms with van der Waals surface area (Å²) in [5, 5.41) is 10.5. The van der Waals surface area contributed by atoms with Gasteiger partial charge in [-0.05, 0) is 94.5 Å². The highest BCUT2D eigenvalue weighted by molar-refractivity contribution is 5.88. The molecule has 0 spiro atoms. The summed E-state index contributed by atoms with van der Waals surface area (Å²) in [5.41, 5.74) is 7.34. The number of benzene rings is 2. The van der Waals surface area contributed by atoms with Crippen molar-refractivity contribution in [2.45, 2.75) is 98.4 Å². The number of fused-ring (bicyclic) bond motifs is 1. The second-order valence-corrected chi connectivity index (χ2v) is 13.8. The average molecular weight is 571 g/mol. The lowest BCUT2D eigenvalue weighted by Gasteiger charge is -2.41. The second kappa shape index (κ2) is 11.7. The van der Waals surface area contributed by atoms with E-state index in [0.717, 1.165) is 73.5 Å². The maximum atomic E-state index is 12.8. The molecular formula is C36H46N2O4. The van der Waals surface area contributed by atoms with Crippen molar-refractivity contribution in [3.05, 3.63) is 76.6 Å². The SMILES string of the molecule is Cc1nc(C)c(C(OC(C)(C)C)C(=O)O)c(N2CCC(C)(C)CC2)c1-c1ccc2c(c1)CC[C@@H](Cc1ccccc1)O2. The fraction of sp³-hybridized carbons (Fsp3) is 0.500. The third-order valence-corrected chi connectivity index (χ3v) is 8.65. The third kappa shape index (κ3) is 6.64. The van der Waals surface area contributed by atoms with Gasteiger partial charge in [0, 0.05) is 42.0 Å². The lowest BCUT2D eigenvalue weighted by molar-refractivity contribution is -0.160. The first-order chi connectivity index (χ1) is 19.8. The lowest BCUT2D eigenvalue weighted by atomic mass is 9.81. The highest BCUT2D eigenvalue weighted by Gasteiger charge is 2.36. The molecule has 0 bridgehead atoms. The minimum absolute atomic E-state index is 0.151. The van der Waals surface area contributed by atoms with Crippen LogP contribution in [0.15, 0.2) is 48.5 Å². The molecule has 6 heteroatoms. The number of piperidine rings is 1. The molecule has 2 aliphatic heterocycles. The normalized spacial score (nSPS) is 19.1. The molecule has 1 unspecified atom stereocenters. The Hall–Kier alpha value is -3.38. The molecule has 1 N–H and O–H groups in total. The van der Waals surface area contributed by atoms with Gasteiger partial charge in [-0.25, -0.2) is 4.79 Å². The average Bonchev–Trinajstić information content (AvgIpc) is 2.91. The zero-order chi connectivity index (χ0) is 30.2. The summed E-state index contributed by atoms with van der Waals surface area (Å²) >= 11 is 0. The Labute approximate surface area is 251 Å². The summed E-state index contributed by atoms with van der Waals surface area (Å²) in [6.07, 6.45) is 3.88. The van der Waals surface area contributed by atoms with E-state index in [1.165, 1.54) is 11.1 Å². The first kappa shape index (κ1) is 30.1. The largest absolute Gasteiger partial charge is 0.490 e. The van der Waals surface area contributed by atoms with Gasteiger partial charge in [0.2, 0.25) is 0 Å². The number of rotatable bonds is 7. The fourth-order valence-corrected chi connectivity index (χ4v) is 6.38. The highest BCUT2D eigenvalue weighted by atomic mass is 16.5. The fourth-order valence-electron chi connectivity index (χ4n) is 6.38. The third-order valence-electron chi connectivity index (χ3n) is 8.65. The maximum absolute atomic E-state index is 12.8. The van der Waals surface area contributed by atoms with Gasteiger partial charge in [0.15, 0.2) is 6.10 Å². The number of hydrogen-bond acceptors (Lipinski definition) is 5. The lowest BCUT2D eigenvalue weighted by Crippen LogP contribution is -2.39. The number of carbonyl (C=O) groups is 1. The van der Waals surface area contributed by atoms with E-state index in [0.29, 0.717) is 11.3 Å². The molecule has 0 aliphatic carbocycles. The number of pyridine rings is 1. The molecule has 224 valence electrons. The number of hydrogen-bond donors (Lipinski definition) is 1. The molecule has 0 radical (unpaired) electrons. The summed E-state index contributed by atoms with van der Waals surface area (Å²) in [5.74, 6) is -0.0591. The maximum Gasteiger partial charge on any atom is 0.337 e. The monoisotopic (exact) mass is 570 g/mol.